The summed E-state index contributed by atoms with van der Waals surface area (Å²) in [5.41, 5.74) is -0.00113. The molecule has 1 N–H and O–H groups in total. The Labute approximate surface area is 128 Å². The molecular formula is C15H29NO4S. The quantitative estimate of drug-likeness (QED) is 0.816. The Kier molecular flexibility index (Phi) is 6.23. The summed E-state index contributed by atoms with van der Waals surface area (Å²) < 4.78 is 26.4. The van der Waals surface area contributed by atoms with E-state index in [2.05, 4.69) is 0 Å². The van der Waals surface area contributed by atoms with Crippen LogP contribution in [0.3, 0.4) is 0 Å². The van der Waals surface area contributed by atoms with E-state index in [4.69, 9.17) is 5.11 Å². The van der Waals surface area contributed by atoms with Crippen LogP contribution in [0.25, 0.3) is 0 Å². The number of nitrogens with zero attached hydrogens (tertiary/aromatic N) is 1. The highest BCUT2D eigenvalue weighted by atomic mass is 32.2. The first-order valence-electron chi connectivity index (χ1n) is 7.71. The molecule has 0 bridgehead atoms. The summed E-state index contributed by atoms with van der Waals surface area (Å²) >= 11 is 0. The zero-order chi connectivity index (χ0) is 16.3. The fraction of sp³-hybridized carbons (Fsp3) is 0.933. The Hall–Kier alpha value is -0.620. The van der Waals surface area contributed by atoms with Crippen LogP contribution in [0.2, 0.25) is 0 Å². The smallest absolute Gasteiger partial charge is 0.303 e. The zero-order valence-corrected chi connectivity index (χ0v) is 14.4. The molecule has 0 amide bonds. The van der Waals surface area contributed by atoms with Crippen molar-refractivity contribution in [2.45, 2.75) is 53.4 Å². The maximum Gasteiger partial charge on any atom is 0.303 e. The molecule has 6 heteroatoms. The minimum absolute atomic E-state index is 0.00113. The van der Waals surface area contributed by atoms with E-state index in [0.29, 0.717) is 19.5 Å². The lowest BCUT2D eigenvalue weighted by Crippen LogP contribution is -2.43. The van der Waals surface area contributed by atoms with Gasteiger partial charge in [-0.25, -0.2) is 12.7 Å². The maximum atomic E-state index is 12.4. The summed E-state index contributed by atoms with van der Waals surface area (Å²) in [4.78, 5) is 10.8. The Morgan fingerprint density at radius 3 is 2.52 bits per heavy atom. The molecule has 2 atom stereocenters. The number of sulfonamides is 1. The molecule has 0 radical (unpaired) electrons. The fourth-order valence-corrected chi connectivity index (χ4v) is 4.65. The fourth-order valence-electron chi connectivity index (χ4n) is 2.70. The van der Waals surface area contributed by atoms with Crippen molar-refractivity contribution in [1.82, 2.24) is 4.31 Å². The second-order valence-corrected chi connectivity index (χ2v) is 9.55. The third kappa shape index (κ3) is 6.34. The minimum atomic E-state index is -3.23. The van der Waals surface area contributed by atoms with Gasteiger partial charge < -0.3 is 5.11 Å². The molecule has 5 nitrogen and oxygen atoms in total. The van der Waals surface area contributed by atoms with Gasteiger partial charge in [0.05, 0.1) is 5.75 Å². The molecule has 1 aliphatic rings. The predicted molar refractivity (Wildman–Crippen MR) is 83.6 cm³/mol. The average Bonchev–Trinajstić information content (AvgIpc) is 2.35. The third-order valence-corrected chi connectivity index (χ3v) is 6.06. The Morgan fingerprint density at radius 2 is 2.00 bits per heavy atom. The summed E-state index contributed by atoms with van der Waals surface area (Å²) in [6, 6.07) is 0. The van der Waals surface area contributed by atoms with Crippen LogP contribution in [0.4, 0.5) is 0 Å². The van der Waals surface area contributed by atoms with Crippen molar-refractivity contribution in [1.29, 1.82) is 0 Å². The molecule has 0 aromatic heterocycles. The van der Waals surface area contributed by atoms with Gasteiger partial charge in [-0.15, -0.1) is 0 Å². The van der Waals surface area contributed by atoms with Gasteiger partial charge >= 0.3 is 5.97 Å². The molecule has 1 fully saturated rings. The van der Waals surface area contributed by atoms with Crippen molar-refractivity contribution >= 4 is 16.0 Å². The van der Waals surface area contributed by atoms with E-state index in [0.717, 1.165) is 12.8 Å². The minimum Gasteiger partial charge on any atom is -0.481 e. The molecule has 1 rings (SSSR count). The molecule has 2 unspecified atom stereocenters. The third-order valence-electron chi connectivity index (χ3n) is 4.23. The average molecular weight is 319 g/mol. The molecule has 0 saturated carbocycles. The molecule has 0 aromatic rings. The summed E-state index contributed by atoms with van der Waals surface area (Å²) in [5, 5.41) is 8.88. The summed E-state index contributed by atoms with van der Waals surface area (Å²) in [6.45, 7) is 9.07. The van der Waals surface area contributed by atoms with E-state index in [1.807, 2.05) is 27.7 Å². The standard InChI is InChI=1S/C15H29NO4S/c1-12(10-14(17)18)13-6-5-8-16(11-13)21(19,20)9-7-15(2,3)4/h12-13H,5-11H2,1-4H3,(H,17,18). The van der Waals surface area contributed by atoms with E-state index in [-0.39, 0.29) is 29.4 Å². The van der Waals surface area contributed by atoms with Gasteiger partial charge in [0, 0.05) is 19.5 Å². The second-order valence-electron chi connectivity index (χ2n) is 7.46. The number of hydrogen-bond donors (Lipinski definition) is 1. The molecule has 0 aliphatic carbocycles. The van der Waals surface area contributed by atoms with Crippen molar-refractivity contribution in [3.05, 3.63) is 0 Å². The van der Waals surface area contributed by atoms with Gasteiger partial charge in [-0.1, -0.05) is 27.7 Å². The van der Waals surface area contributed by atoms with Gasteiger partial charge in [0.2, 0.25) is 10.0 Å². The summed E-state index contributed by atoms with van der Waals surface area (Å²) in [5.74, 6) is -0.464. The lowest BCUT2D eigenvalue weighted by Gasteiger charge is -2.35. The van der Waals surface area contributed by atoms with Crippen molar-refractivity contribution in [3.8, 4) is 0 Å². The second kappa shape index (κ2) is 7.09. The number of hydrogen-bond acceptors (Lipinski definition) is 3. The van der Waals surface area contributed by atoms with Crippen LogP contribution < -0.4 is 0 Å². The van der Waals surface area contributed by atoms with Crippen molar-refractivity contribution in [3.63, 3.8) is 0 Å². The lowest BCUT2D eigenvalue weighted by molar-refractivity contribution is -0.138. The van der Waals surface area contributed by atoms with Crippen LogP contribution in [-0.2, 0) is 14.8 Å². The molecule has 0 aromatic carbocycles. The summed E-state index contributed by atoms with van der Waals surface area (Å²) in [7, 11) is -3.23. The van der Waals surface area contributed by atoms with E-state index >= 15 is 0 Å². The van der Waals surface area contributed by atoms with E-state index in [1.165, 1.54) is 0 Å². The lowest BCUT2D eigenvalue weighted by atomic mass is 9.85. The highest BCUT2D eigenvalue weighted by Gasteiger charge is 2.32. The van der Waals surface area contributed by atoms with Crippen LogP contribution in [-0.4, -0.2) is 42.6 Å². The van der Waals surface area contributed by atoms with Crippen LogP contribution in [0.15, 0.2) is 0 Å². The van der Waals surface area contributed by atoms with E-state index < -0.39 is 16.0 Å². The van der Waals surface area contributed by atoms with Gasteiger partial charge in [-0.05, 0) is 36.5 Å². The first kappa shape index (κ1) is 18.4. The molecule has 1 aliphatic heterocycles. The largest absolute Gasteiger partial charge is 0.481 e. The highest BCUT2D eigenvalue weighted by Crippen LogP contribution is 2.28. The van der Waals surface area contributed by atoms with E-state index in [9.17, 15) is 13.2 Å². The van der Waals surface area contributed by atoms with Gasteiger partial charge in [0.25, 0.3) is 0 Å². The Bertz CT molecular complexity index is 453. The first-order chi connectivity index (χ1) is 9.51. The topological polar surface area (TPSA) is 74.7 Å². The van der Waals surface area contributed by atoms with Gasteiger partial charge in [-0.3, -0.25) is 4.79 Å². The maximum absolute atomic E-state index is 12.4. The zero-order valence-electron chi connectivity index (χ0n) is 13.6. The number of rotatable bonds is 6. The van der Waals surface area contributed by atoms with Crippen LogP contribution in [0.5, 0.6) is 0 Å². The SMILES string of the molecule is CC(CC(=O)O)C1CCCN(S(=O)(=O)CCC(C)(C)C)C1. The number of piperidine rings is 1. The van der Waals surface area contributed by atoms with Crippen molar-refractivity contribution < 1.29 is 18.3 Å². The Morgan fingerprint density at radius 1 is 1.38 bits per heavy atom. The number of aliphatic carboxylic acids is 1. The van der Waals surface area contributed by atoms with E-state index in [1.54, 1.807) is 4.31 Å². The molecule has 1 saturated heterocycles. The highest BCUT2D eigenvalue weighted by molar-refractivity contribution is 7.89. The van der Waals surface area contributed by atoms with Crippen molar-refractivity contribution in [2.24, 2.45) is 17.3 Å². The number of carboxylic acid groups (broad SMARTS) is 1. The molecule has 1 heterocycles. The van der Waals surface area contributed by atoms with Crippen LogP contribution in [0.1, 0.15) is 53.4 Å². The molecule has 21 heavy (non-hydrogen) atoms. The summed E-state index contributed by atoms with van der Waals surface area (Å²) in [6.07, 6.45) is 2.49. The Balaban J connectivity index is 2.64. The monoisotopic (exact) mass is 319 g/mol. The molecule has 0 spiro atoms. The van der Waals surface area contributed by atoms with Crippen LogP contribution >= 0.6 is 0 Å². The first-order valence-corrected chi connectivity index (χ1v) is 9.32. The van der Waals surface area contributed by atoms with Crippen LogP contribution in [0, 0.1) is 17.3 Å². The molecular weight excluding hydrogens is 290 g/mol. The number of carbonyl (C=O) groups is 1. The van der Waals surface area contributed by atoms with Gasteiger partial charge in [0.15, 0.2) is 0 Å². The molecule has 124 valence electrons. The van der Waals surface area contributed by atoms with Gasteiger partial charge in [0.1, 0.15) is 0 Å². The normalized spacial score (nSPS) is 23.0. The van der Waals surface area contributed by atoms with Crippen molar-refractivity contribution in [2.75, 3.05) is 18.8 Å². The predicted octanol–water partition coefficient (Wildman–Crippen LogP) is 2.58. The number of carboxylic acids is 1. The van der Waals surface area contributed by atoms with Gasteiger partial charge in [-0.2, -0.15) is 0 Å².